The van der Waals surface area contributed by atoms with Gasteiger partial charge in [-0.3, -0.25) is 4.79 Å². The molecule has 0 bridgehead atoms. The van der Waals surface area contributed by atoms with Gasteiger partial charge in [-0.1, -0.05) is 48.5 Å². The summed E-state index contributed by atoms with van der Waals surface area (Å²) in [6, 6.07) is 16.1. The molecule has 3 unspecified atom stereocenters. The predicted octanol–water partition coefficient (Wildman–Crippen LogP) is 5.11. The van der Waals surface area contributed by atoms with Crippen LogP contribution in [0.5, 0.6) is 0 Å². The zero-order valence-electron chi connectivity index (χ0n) is 22.0. The number of rotatable bonds is 11. The molecule has 2 amide bonds. The van der Waals surface area contributed by atoms with Gasteiger partial charge >= 0.3 is 6.09 Å². The van der Waals surface area contributed by atoms with E-state index in [2.05, 4.69) is 34.9 Å². The maximum Gasteiger partial charge on any atom is 0.407 e. The summed E-state index contributed by atoms with van der Waals surface area (Å²) in [5.41, 5.74) is 4.30. The summed E-state index contributed by atoms with van der Waals surface area (Å²) < 4.78 is 11.1. The zero-order chi connectivity index (χ0) is 26.3. The van der Waals surface area contributed by atoms with Gasteiger partial charge in [0.2, 0.25) is 5.91 Å². The van der Waals surface area contributed by atoms with Crippen molar-refractivity contribution in [3.63, 3.8) is 0 Å². The SMILES string of the molecule is CC(CCC(O)OC(C)(C)C)NC(=O)CCC(C)NC(=O)OCC1c2ccccc2-c2ccccc21. The van der Waals surface area contributed by atoms with Crippen LogP contribution in [0.25, 0.3) is 11.1 Å². The smallest absolute Gasteiger partial charge is 0.407 e. The average molecular weight is 497 g/mol. The Morgan fingerprint density at radius 1 is 0.889 bits per heavy atom. The number of benzene rings is 2. The summed E-state index contributed by atoms with van der Waals surface area (Å²) >= 11 is 0. The van der Waals surface area contributed by atoms with E-state index in [4.69, 9.17) is 9.47 Å². The second-order valence-corrected chi connectivity index (χ2v) is 10.6. The number of fused-ring (bicyclic) bond motifs is 3. The third-order valence-corrected chi connectivity index (χ3v) is 6.26. The molecular formula is C29H40N2O5. The summed E-state index contributed by atoms with van der Waals surface area (Å²) in [5, 5.41) is 15.7. The molecule has 3 atom stereocenters. The first-order valence-corrected chi connectivity index (χ1v) is 12.8. The van der Waals surface area contributed by atoms with E-state index in [1.165, 1.54) is 22.3 Å². The van der Waals surface area contributed by atoms with Crippen LogP contribution >= 0.6 is 0 Å². The molecule has 0 aromatic heterocycles. The maximum absolute atomic E-state index is 12.4. The molecule has 0 spiro atoms. The molecule has 2 aromatic rings. The second-order valence-electron chi connectivity index (χ2n) is 10.6. The van der Waals surface area contributed by atoms with Gasteiger partial charge in [0.15, 0.2) is 6.29 Å². The lowest BCUT2D eigenvalue weighted by Gasteiger charge is -2.25. The van der Waals surface area contributed by atoms with Crippen LogP contribution in [-0.2, 0) is 14.3 Å². The fourth-order valence-electron chi connectivity index (χ4n) is 4.54. The van der Waals surface area contributed by atoms with Gasteiger partial charge in [0.1, 0.15) is 6.61 Å². The molecule has 0 saturated carbocycles. The summed E-state index contributed by atoms with van der Waals surface area (Å²) in [6.07, 6.45) is 0.501. The quantitative estimate of drug-likeness (QED) is 0.376. The van der Waals surface area contributed by atoms with Gasteiger partial charge in [-0.2, -0.15) is 0 Å². The molecule has 0 aliphatic heterocycles. The highest BCUT2D eigenvalue weighted by molar-refractivity contribution is 5.79. The highest BCUT2D eigenvalue weighted by Gasteiger charge is 2.29. The molecule has 0 heterocycles. The Morgan fingerprint density at radius 3 is 2.03 bits per heavy atom. The Labute approximate surface area is 214 Å². The monoisotopic (exact) mass is 496 g/mol. The summed E-state index contributed by atoms with van der Waals surface area (Å²) in [6.45, 7) is 9.69. The summed E-state index contributed by atoms with van der Waals surface area (Å²) in [5.74, 6) is -0.0760. The molecule has 7 nitrogen and oxygen atoms in total. The highest BCUT2D eigenvalue weighted by atomic mass is 16.6. The zero-order valence-corrected chi connectivity index (χ0v) is 22.0. The minimum atomic E-state index is -0.856. The van der Waals surface area contributed by atoms with Crippen LogP contribution in [0.3, 0.4) is 0 Å². The normalized spacial score (nSPS) is 15.4. The number of carbonyl (C=O) groups excluding carboxylic acids is 2. The van der Waals surface area contributed by atoms with Crippen LogP contribution in [0.1, 0.15) is 77.3 Å². The molecule has 3 rings (SSSR count). The van der Waals surface area contributed by atoms with E-state index in [0.717, 1.165) is 0 Å². The van der Waals surface area contributed by atoms with Crippen LogP contribution in [0.2, 0.25) is 0 Å². The fourth-order valence-corrected chi connectivity index (χ4v) is 4.54. The van der Waals surface area contributed by atoms with E-state index < -0.39 is 18.0 Å². The minimum Gasteiger partial charge on any atom is -0.449 e. The topological polar surface area (TPSA) is 96.9 Å². The third kappa shape index (κ3) is 8.07. The first kappa shape index (κ1) is 27.7. The number of amides is 2. The first-order valence-electron chi connectivity index (χ1n) is 12.8. The number of aliphatic hydroxyl groups is 1. The number of hydrogen-bond donors (Lipinski definition) is 3. The molecule has 1 aliphatic carbocycles. The van der Waals surface area contributed by atoms with E-state index >= 15 is 0 Å². The van der Waals surface area contributed by atoms with Crippen LogP contribution in [0, 0.1) is 0 Å². The molecular weight excluding hydrogens is 456 g/mol. The van der Waals surface area contributed by atoms with Crippen molar-refractivity contribution >= 4 is 12.0 Å². The predicted molar refractivity (Wildman–Crippen MR) is 141 cm³/mol. The number of aliphatic hydroxyl groups excluding tert-OH is 1. The van der Waals surface area contributed by atoms with Gasteiger partial charge in [-0.15, -0.1) is 0 Å². The van der Waals surface area contributed by atoms with Crippen molar-refractivity contribution in [3.8, 4) is 11.1 Å². The van der Waals surface area contributed by atoms with Crippen LogP contribution in [-0.4, -0.2) is 47.7 Å². The van der Waals surface area contributed by atoms with E-state index in [9.17, 15) is 14.7 Å². The molecule has 2 aromatic carbocycles. The summed E-state index contributed by atoms with van der Waals surface area (Å²) in [7, 11) is 0. The van der Waals surface area contributed by atoms with Crippen molar-refractivity contribution in [2.75, 3.05) is 6.61 Å². The van der Waals surface area contributed by atoms with Crippen molar-refractivity contribution in [2.45, 2.75) is 90.2 Å². The van der Waals surface area contributed by atoms with E-state index in [0.29, 0.717) is 19.3 Å². The lowest BCUT2D eigenvalue weighted by atomic mass is 9.98. The summed E-state index contributed by atoms with van der Waals surface area (Å²) in [4.78, 5) is 24.7. The maximum atomic E-state index is 12.4. The molecule has 7 heteroatoms. The third-order valence-electron chi connectivity index (χ3n) is 6.26. The van der Waals surface area contributed by atoms with Crippen molar-refractivity contribution in [2.24, 2.45) is 0 Å². The molecule has 3 N–H and O–H groups in total. The largest absolute Gasteiger partial charge is 0.449 e. The van der Waals surface area contributed by atoms with Crippen molar-refractivity contribution in [1.29, 1.82) is 0 Å². The van der Waals surface area contributed by atoms with Gasteiger partial charge in [0.05, 0.1) is 5.60 Å². The number of alkyl carbamates (subject to hydrolysis) is 1. The van der Waals surface area contributed by atoms with Crippen LogP contribution in [0.15, 0.2) is 48.5 Å². The Hall–Kier alpha value is -2.90. The van der Waals surface area contributed by atoms with Crippen molar-refractivity contribution in [3.05, 3.63) is 59.7 Å². The fraction of sp³-hybridized carbons (Fsp3) is 0.517. The Kier molecular flexibility index (Phi) is 9.51. The van der Waals surface area contributed by atoms with Gasteiger partial charge in [-0.05, 0) is 69.7 Å². The molecule has 1 aliphatic rings. The molecule has 36 heavy (non-hydrogen) atoms. The van der Waals surface area contributed by atoms with Crippen molar-refractivity contribution in [1.82, 2.24) is 10.6 Å². The standard InChI is InChI=1S/C29H40N2O5/c1-19(15-17-27(33)36-29(3,4)5)30-26(32)16-14-20(2)31-28(34)35-18-25-23-12-8-6-10-21(23)22-11-7-9-13-24(22)25/h6-13,19-20,25,27,33H,14-18H2,1-5H3,(H,30,32)(H,31,34). The van der Waals surface area contributed by atoms with Gasteiger partial charge in [0.25, 0.3) is 0 Å². The number of carbonyl (C=O) groups is 2. The van der Waals surface area contributed by atoms with E-state index in [1.54, 1.807) is 0 Å². The number of nitrogens with one attached hydrogen (secondary N) is 2. The molecule has 0 fully saturated rings. The highest BCUT2D eigenvalue weighted by Crippen LogP contribution is 2.44. The lowest BCUT2D eigenvalue weighted by molar-refractivity contribution is -0.169. The Morgan fingerprint density at radius 2 is 1.44 bits per heavy atom. The Balaban J connectivity index is 1.37. The van der Waals surface area contributed by atoms with Crippen LogP contribution < -0.4 is 10.6 Å². The Bertz CT molecular complexity index is 987. The van der Waals surface area contributed by atoms with Gasteiger partial charge < -0.3 is 25.2 Å². The lowest BCUT2D eigenvalue weighted by Crippen LogP contribution is -2.37. The second kappa shape index (κ2) is 12.4. The van der Waals surface area contributed by atoms with Gasteiger partial charge in [0, 0.05) is 30.8 Å². The van der Waals surface area contributed by atoms with Crippen LogP contribution in [0.4, 0.5) is 4.79 Å². The first-order chi connectivity index (χ1) is 17.0. The van der Waals surface area contributed by atoms with E-state index in [1.807, 2.05) is 58.9 Å². The molecule has 196 valence electrons. The number of hydrogen-bond acceptors (Lipinski definition) is 5. The van der Waals surface area contributed by atoms with Gasteiger partial charge in [-0.25, -0.2) is 4.79 Å². The molecule has 0 saturated heterocycles. The molecule has 0 radical (unpaired) electrons. The van der Waals surface area contributed by atoms with Crippen molar-refractivity contribution < 1.29 is 24.2 Å². The number of ether oxygens (including phenoxy) is 2. The van der Waals surface area contributed by atoms with E-state index in [-0.39, 0.29) is 36.9 Å². The average Bonchev–Trinajstić information content (AvgIpc) is 3.13. The minimum absolute atomic E-state index is 0.0121.